The first-order valence-electron chi connectivity index (χ1n) is 7.52. The maximum absolute atomic E-state index is 11.9. The van der Waals surface area contributed by atoms with E-state index in [0.717, 1.165) is 11.4 Å². The molecule has 0 aliphatic carbocycles. The van der Waals surface area contributed by atoms with Gasteiger partial charge in [0, 0.05) is 29.7 Å². The molecule has 0 aliphatic rings. The van der Waals surface area contributed by atoms with Crippen molar-refractivity contribution < 1.29 is 4.79 Å². The highest BCUT2D eigenvalue weighted by atomic mass is 35.5. The van der Waals surface area contributed by atoms with Crippen LogP contribution in [0.1, 0.15) is 35.3 Å². The van der Waals surface area contributed by atoms with Gasteiger partial charge >= 0.3 is 0 Å². The van der Waals surface area contributed by atoms with Gasteiger partial charge in [-0.1, -0.05) is 48.9 Å². The van der Waals surface area contributed by atoms with Crippen molar-refractivity contribution in [2.24, 2.45) is 0 Å². The van der Waals surface area contributed by atoms with Crippen LogP contribution >= 0.6 is 11.6 Å². The summed E-state index contributed by atoms with van der Waals surface area (Å²) in [6.07, 6.45) is 0.965. The Morgan fingerprint density at radius 1 is 1.09 bits per heavy atom. The van der Waals surface area contributed by atoms with E-state index in [9.17, 15) is 4.79 Å². The number of nitrogens with one attached hydrogen (secondary N) is 2. The van der Waals surface area contributed by atoms with Crippen molar-refractivity contribution >= 4 is 17.5 Å². The van der Waals surface area contributed by atoms with Crippen LogP contribution in [0, 0.1) is 0 Å². The molecule has 3 nitrogen and oxygen atoms in total. The van der Waals surface area contributed by atoms with Crippen LogP contribution in [0.4, 0.5) is 0 Å². The Morgan fingerprint density at radius 2 is 1.86 bits per heavy atom. The standard InChI is InChI=1S/C18H21ClN2O/c1-2-17(15-9-6-10-16(19)13-15)20-11-12-21-18(22)14-7-4-3-5-8-14/h3-10,13,17,20H,2,11-12H2,1H3,(H,21,22)/t17-/m1/s1. The second-order valence-electron chi connectivity index (χ2n) is 5.09. The number of carbonyl (C=O) groups excluding carboxylic acids is 1. The summed E-state index contributed by atoms with van der Waals surface area (Å²) < 4.78 is 0. The minimum Gasteiger partial charge on any atom is -0.351 e. The molecule has 0 bridgehead atoms. The Hall–Kier alpha value is -1.84. The number of rotatable bonds is 7. The predicted octanol–water partition coefficient (Wildman–Crippen LogP) is 3.81. The third-order valence-electron chi connectivity index (χ3n) is 3.50. The van der Waals surface area contributed by atoms with Gasteiger partial charge in [0.2, 0.25) is 0 Å². The largest absolute Gasteiger partial charge is 0.351 e. The fourth-order valence-electron chi connectivity index (χ4n) is 2.34. The van der Waals surface area contributed by atoms with Crippen molar-refractivity contribution in [2.45, 2.75) is 19.4 Å². The van der Waals surface area contributed by atoms with Gasteiger partial charge in [-0.15, -0.1) is 0 Å². The number of benzene rings is 2. The van der Waals surface area contributed by atoms with Crippen LogP contribution in [0.3, 0.4) is 0 Å². The van der Waals surface area contributed by atoms with Crippen LogP contribution in [-0.2, 0) is 0 Å². The van der Waals surface area contributed by atoms with E-state index in [1.807, 2.05) is 48.5 Å². The Labute approximate surface area is 136 Å². The Morgan fingerprint density at radius 3 is 2.55 bits per heavy atom. The van der Waals surface area contributed by atoms with Gasteiger partial charge in [-0.25, -0.2) is 0 Å². The van der Waals surface area contributed by atoms with Crippen molar-refractivity contribution in [3.05, 3.63) is 70.7 Å². The summed E-state index contributed by atoms with van der Waals surface area (Å²) in [5.41, 5.74) is 1.86. The number of amides is 1. The lowest BCUT2D eigenvalue weighted by Gasteiger charge is -2.18. The summed E-state index contributed by atoms with van der Waals surface area (Å²) in [7, 11) is 0. The highest BCUT2D eigenvalue weighted by Gasteiger charge is 2.09. The molecule has 0 aliphatic heterocycles. The van der Waals surface area contributed by atoms with E-state index >= 15 is 0 Å². The van der Waals surface area contributed by atoms with Crippen LogP contribution in [0.5, 0.6) is 0 Å². The monoisotopic (exact) mass is 316 g/mol. The number of hydrogen-bond donors (Lipinski definition) is 2. The molecule has 0 spiro atoms. The zero-order valence-corrected chi connectivity index (χ0v) is 13.4. The second kappa shape index (κ2) is 8.57. The van der Waals surface area contributed by atoms with E-state index in [2.05, 4.69) is 23.6 Å². The highest BCUT2D eigenvalue weighted by molar-refractivity contribution is 6.30. The maximum atomic E-state index is 11.9. The molecule has 2 N–H and O–H groups in total. The third-order valence-corrected chi connectivity index (χ3v) is 3.73. The van der Waals surface area contributed by atoms with E-state index in [1.54, 1.807) is 0 Å². The van der Waals surface area contributed by atoms with Crippen LogP contribution < -0.4 is 10.6 Å². The average molecular weight is 317 g/mol. The van der Waals surface area contributed by atoms with Gasteiger partial charge in [0.15, 0.2) is 0 Å². The fraction of sp³-hybridized carbons (Fsp3) is 0.278. The van der Waals surface area contributed by atoms with E-state index in [-0.39, 0.29) is 11.9 Å². The molecule has 0 heterocycles. The first kappa shape index (κ1) is 16.5. The summed E-state index contributed by atoms with van der Waals surface area (Å²) in [6.45, 7) is 3.43. The molecule has 2 aromatic carbocycles. The molecule has 1 atom stereocenters. The number of hydrogen-bond acceptors (Lipinski definition) is 2. The Kier molecular flexibility index (Phi) is 6.44. The third kappa shape index (κ3) is 4.86. The molecule has 0 aromatic heterocycles. The summed E-state index contributed by atoms with van der Waals surface area (Å²) in [4.78, 5) is 11.9. The molecule has 22 heavy (non-hydrogen) atoms. The fourth-order valence-corrected chi connectivity index (χ4v) is 2.53. The molecule has 2 rings (SSSR count). The minimum absolute atomic E-state index is 0.0433. The quantitative estimate of drug-likeness (QED) is 0.763. The van der Waals surface area contributed by atoms with Crippen molar-refractivity contribution in [3.8, 4) is 0 Å². The first-order chi connectivity index (χ1) is 10.7. The maximum Gasteiger partial charge on any atom is 0.251 e. The van der Waals surface area contributed by atoms with Gasteiger partial charge in [-0.2, -0.15) is 0 Å². The van der Waals surface area contributed by atoms with Crippen LogP contribution in [0.2, 0.25) is 5.02 Å². The van der Waals surface area contributed by atoms with Crippen LogP contribution in [0.25, 0.3) is 0 Å². The van der Waals surface area contributed by atoms with Crippen molar-refractivity contribution in [2.75, 3.05) is 13.1 Å². The van der Waals surface area contributed by atoms with Gasteiger partial charge < -0.3 is 10.6 Å². The van der Waals surface area contributed by atoms with Gasteiger partial charge in [-0.05, 0) is 36.2 Å². The van der Waals surface area contributed by atoms with Gasteiger partial charge in [0.1, 0.15) is 0 Å². The molecule has 1 amide bonds. The highest BCUT2D eigenvalue weighted by Crippen LogP contribution is 2.19. The Bertz CT molecular complexity index is 601. The lowest BCUT2D eigenvalue weighted by Crippen LogP contribution is -2.33. The lowest BCUT2D eigenvalue weighted by molar-refractivity contribution is 0.0953. The SMILES string of the molecule is CC[C@@H](NCCNC(=O)c1ccccc1)c1cccc(Cl)c1. The molecule has 0 fully saturated rings. The zero-order valence-electron chi connectivity index (χ0n) is 12.7. The molecule has 0 saturated carbocycles. The summed E-state index contributed by atoms with van der Waals surface area (Å²) in [5.74, 6) is -0.0433. The van der Waals surface area contributed by atoms with Crippen LogP contribution in [0.15, 0.2) is 54.6 Å². The van der Waals surface area contributed by atoms with Crippen molar-refractivity contribution in [1.82, 2.24) is 10.6 Å². The van der Waals surface area contributed by atoms with Crippen molar-refractivity contribution in [1.29, 1.82) is 0 Å². The molecule has 2 aromatic rings. The normalized spacial score (nSPS) is 11.9. The molecular weight excluding hydrogens is 296 g/mol. The molecule has 0 radical (unpaired) electrons. The topological polar surface area (TPSA) is 41.1 Å². The van der Waals surface area contributed by atoms with Crippen molar-refractivity contribution in [3.63, 3.8) is 0 Å². The molecule has 116 valence electrons. The van der Waals surface area contributed by atoms with E-state index < -0.39 is 0 Å². The Balaban J connectivity index is 1.79. The summed E-state index contributed by atoms with van der Waals surface area (Å²) in [5, 5.41) is 7.11. The lowest BCUT2D eigenvalue weighted by atomic mass is 10.0. The summed E-state index contributed by atoms with van der Waals surface area (Å²) >= 11 is 6.03. The smallest absolute Gasteiger partial charge is 0.251 e. The van der Waals surface area contributed by atoms with E-state index in [1.165, 1.54) is 5.56 Å². The molecule has 0 unspecified atom stereocenters. The number of carbonyl (C=O) groups is 1. The molecule has 0 saturated heterocycles. The molecular formula is C18H21ClN2O. The van der Waals surface area contributed by atoms with Crippen LogP contribution in [-0.4, -0.2) is 19.0 Å². The van der Waals surface area contributed by atoms with E-state index in [4.69, 9.17) is 11.6 Å². The second-order valence-corrected chi connectivity index (χ2v) is 5.53. The first-order valence-corrected chi connectivity index (χ1v) is 7.90. The van der Waals surface area contributed by atoms with Gasteiger partial charge in [0.05, 0.1) is 0 Å². The zero-order chi connectivity index (χ0) is 15.8. The number of halogens is 1. The average Bonchev–Trinajstić information content (AvgIpc) is 2.55. The predicted molar refractivity (Wildman–Crippen MR) is 91.3 cm³/mol. The summed E-state index contributed by atoms with van der Waals surface area (Å²) in [6, 6.07) is 17.4. The van der Waals surface area contributed by atoms with E-state index in [0.29, 0.717) is 18.7 Å². The van der Waals surface area contributed by atoms with Gasteiger partial charge in [0.25, 0.3) is 5.91 Å². The molecule has 4 heteroatoms. The minimum atomic E-state index is -0.0433. The van der Waals surface area contributed by atoms with Gasteiger partial charge in [-0.3, -0.25) is 4.79 Å².